The van der Waals surface area contributed by atoms with Gasteiger partial charge in [-0.3, -0.25) is 4.79 Å². The summed E-state index contributed by atoms with van der Waals surface area (Å²) in [4.78, 5) is 11.0. The minimum Gasteiger partial charge on any atom is -0.365 e. The first-order valence-corrected chi connectivity index (χ1v) is 3.99. The van der Waals surface area contributed by atoms with Crippen molar-refractivity contribution in [3.05, 3.63) is 0 Å². The van der Waals surface area contributed by atoms with Crippen LogP contribution in [0.4, 0.5) is 0 Å². The number of hydrogen-bond acceptors (Lipinski definition) is 2. The Morgan fingerprint density at radius 3 is 2.80 bits per heavy atom. The van der Waals surface area contributed by atoms with Gasteiger partial charge in [0.1, 0.15) is 6.10 Å². The van der Waals surface area contributed by atoms with E-state index in [0.717, 1.165) is 12.8 Å². The smallest absolute Gasteiger partial charge is 0.163 e. The lowest BCUT2D eigenvalue weighted by molar-refractivity contribution is -0.120. The molecule has 1 saturated heterocycles. The van der Waals surface area contributed by atoms with E-state index in [0.29, 0.717) is 12.4 Å². The van der Waals surface area contributed by atoms with Crippen LogP contribution in [0.2, 0.25) is 0 Å². The fourth-order valence-electron chi connectivity index (χ4n) is 0.944. The van der Waals surface area contributed by atoms with Gasteiger partial charge in [-0.05, 0) is 6.42 Å². The van der Waals surface area contributed by atoms with Crippen molar-refractivity contribution in [2.45, 2.75) is 38.7 Å². The van der Waals surface area contributed by atoms with Crippen LogP contribution in [0.5, 0.6) is 0 Å². The fraction of sp³-hybridized carbons (Fsp3) is 0.875. The maximum atomic E-state index is 11.0. The molecule has 0 N–H and O–H groups in total. The summed E-state index contributed by atoms with van der Waals surface area (Å²) in [6.45, 7) is 2.81. The molecule has 0 aromatic carbocycles. The highest BCUT2D eigenvalue weighted by atomic mass is 16.6. The molecule has 0 amide bonds. The summed E-state index contributed by atoms with van der Waals surface area (Å²) in [5, 5.41) is 0. The second-order valence-corrected chi connectivity index (χ2v) is 2.75. The van der Waals surface area contributed by atoms with Gasteiger partial charge in [-0.25, -0.2) is 0 Å². The molecule has 1 rings (SSSR count). The molecule has 58 valence electrons. The minimum absolute atomic E-state index is 0.0168. The Kier molecular flexibility index (Phi) is 2.87. The third-order valence-electron chi connectivity index (χ3n) is 1.72. The highest BCUT2D eigenvalue weighted by Crippen LogP contribution is 2.13. The van der Waals surface area contributed by atoms with Gasteiger partial charge in [0.05, 0.1) is 6.61 Å². The first-order chi connectivity index (χ1) is 4.84. The molecule has 1 aliphatic heterocycles. The van der Waals surface area contributed by atoms with Crippen LogP contribution in [0.3, 0.4) is 0 Å². The molecule has 0 aromatic heterocycles. The largest absolute Gasteiger partial charge is 0.365 e. The Labute approximate surface area is 61.6 Å². The first-order valence-electron chi connectivity index (χ1n) is 3.99. The van der Waals surface area contributed by atoms with Crippen LogP contribution in [-0.4, -0.2) is 18.5 Å². The van der Waals surface area contributed by atoms with E-state index in [4.69, 9.17) is 4.74 Å². The molecular weight excluding hydrogens is 128 g/mol. The van der Waals surface area contributed by atoms with Crippen LogP contribution in [-0.2, 0) is 9.53 Å². The third kappa shape index (κ3) is 2.48. The van der Waals surface area contributed by atoms with Gasteiger partial charge in [-0.15, -0.1) is 0 Å². The number of ether oxygens (including phenoxy) is 1. The average Bonchev–Trinajstić information content (AvgIpc) is 2.69. The zero-order chi connectivity index (χ0) is 7.40. The van der Waals surface area contributed by atoms with Gasteiger partial charge in [-0.1, -0.05) is 19.8 Å². The molecule has 0 aliphatic carbocycles. The predicted octanol–water partition coefficient (Wildman–Crippen LogP) is 1.53. The van der Waals surface area contributed by atoms with Crippen LogP contribution >= 0.6 is 0 Å². The van der Waals surface area contributed by atoms with Crippen molar-refractivity contribution in [1.82, 2.24) is 0 Å². The summed E-state index contributed by atoms with van der Waals surface area (Å²) in [5.41, 5.74) is 0. The van der Waals surface area contributed by atoms with Gasteiger partial charge < -0.3 is 4.74 Å². The van der Waals surface area contributed by atoms with Crippen LogP contribution in [0.15, 0.2) is 0 Å². The minimum atomic E-state index is -0.0168. The quantitative estimate of drug-likeness (QED) is 0.430. The number of rotatable bonds is 5. The molecular formula is C8H14O2. The zero-order valence-corrected chi connectivity index (χ0v) is 6.43. The van der Waals surface area contributed by atoms with Crippen molar-refractivity contribution in [3.8, 4) is 0 Å². The van der Waals surface area contributed by atoms with E-state index >= 15 is 0 Å². The molecule has 1 unspecified atom stereocenters. The lowest BCUT2D eigenvalue weighted by atomic mass is 10.1. The summed E-state index contributed by atoms with van der Waals surface area (Å²) in [7, 11) is 0. The Balaban J connectivity index is 1.95. The maximum absolute atomic E-state index is 11.0. The third-order valence-corrected chi connectivity index (χ3v) is 1.72. The van der Waals surface area contributed by atoms with Crippen molar-refractivity contribution < 1.29 is 9.53 Å². The van der Waals surface area contributed by atoms with Gasteiger partial charge in [0.2, 0.25) is 0 Å². The second kappa shape index (κ2) is 3.71. The van der Waals surface area contributed by atoms with E-state index < -0.39 is 0 Å². The topological polar surface area (TPSA) is 29.6 Å². The molecule has 0 saturated carbocycles. The van der Waals surface area contributed by atoms with E-state index in [2.05, 4.69) is 6.92 Å². The van der Waals surface area contributed by atoms with Crippen molar-refractivity contribution in [3.63, 3.8) is 0 Å². The number of epoxide rings is 1. The van der Waals surface area contributed by atoms with Crippen molar-refractivity contribution in [2.75, 3.05) is 6.61 Å². The van der Waals surface area contributed by atoms with Gasteiger partial charge >= 0.3 is 0 Å². The molecule has 0 radical (unpaired) electrons. The lowest BCUT2D eigenvalue weighted by Crippen LogP contribution is -2.05. The normalized spacial score (nSPS) is 22.7. The summed E-state index contributed by atoms with van der Waals surface area (Å²) >= 11 is 0. The monoisotopic (exact) mass is 142 g/mol. The van der Waals surface area contributed by atoms with E-state index in [1.807, 2.05) is 0 Å². The molecule has 0 spiro atoms. The first kappa shape index (κ1) is 7.73. The van der Waals surface area contributed by atoms with Gasteiger partial charge in [-0.2, -0.15) is 0 Å². The van der Waals surface area contributed by atoms with Gasteiger partial charge in [0, 0.05) is 6.42 Å². The van der Waals surface area contributed by atoms with Crippen molar-refractivity contribution in [1.29, 1.82) is 0 Å². The second-order valence-electron chi connectivity index (χ2n) is 2.75. The standard InChI is InChI=1S/C8H14O2/c1-2-3-4-5-7(9)8-6-10-8/h8H,2-6H2,1H3. The Morgan fingerprint density at radius 2 is 2.30 bits per heavy atom. The molecule has 1 fully saturated rings. The average molecular weight is 142 g/mol. The number of carbonyl (C=O) groups is 1. The Bertz CT molecular complexity index is 116. The van der Waals surface area contributed by atoms with E-state index in [1.54, 1.807) is 0 Å². The van der Waals surface area contributed by atoms with Gasteiger partial charge in [0.15, 0.2) is 5.78 Å². The molecule has 1 atom stereocenters. The van der Waals surface area contributed by atoms with Crippen molar-refractivity contribution in [2.24, 2.45) is 0 Å². The number of unbranched alkanes of at least 4 members (excludes halogenated alkanes) is 2. The number of Topliss-reactive ketones (excluding diaryl/α,β-unsaturated/α-hetero) is 1. The Morgan fingerprint density at radius 1 is 1.60 bits per heavy atom. The van der Waals surface area contributed by atoms with Crippen molar-refractivity contribution >= 4 is 5.78 Å². The van der Waals surface area contributed by atoms with Crippen LogP contribution in [0.1, 0.15) is 32.6 Å². The van der Waals surface area contributed by atoms with Gasteiger partial charge in [0.25, 0.3) is 0 Å². The number of hydrogen-bond donors (Lipinski definition) is 0. The molecule has 0 bridgehead atoms. The Hall–Kier alpha value is -0.370. The van der Waals surface area contributed by atoms with Crippen LogP contribution in [0.25, 0.3) is 0 Å². The molecule has 10 heavy (non-hydrogen) atoms. The lowest BCUT2D eigenvalue weighted by Gasteiger charge is -1.93. The molecule has 2 heteroatoms. The van der Waals surface area contributed by atoms with Crippen LogP contribution in [0, 0.1) is 0 Å². The maximum Gasteiger partial charge on any atom is 0.163 e. The highest BCUT2D eigenvalue weighted by molar-refractivity contribution is 5.84. The highest BCUT2D eigenvalue weighted by Gasteiger charge is 2.29. The number of carbonyl (C=O) groups excluding carboxylic acids is 1. The molecule has 1 heterocycles. The molecule has 2 nitrogen and oxygen atoms in total. The summed E-state index contributed by atoms with van der Waals surface area (Å²) in [6.07, 6.45) is 4.09. The SMILES string of the molecule is CCCCCC(=O)C1CO1. The molecule has 0 aromatic rings. The van der Waals surface area contributed by atoms with Crippen LogP contribution < -0.4 is 0 Å². The van der Waals surface area contributed by atoms with E-state index in [-0.39, 0.29) is 6.10 Å². The van der Waals surface area contributed by atoms with E-state index in [9.17, 15) is 4.79 Å². The zero-order valence-electron chi connectivity index (χ0n) is 6.43. The molecule has 1 aliphatic rings. The fourth-order valence-corrected chi connectivity index (χ4v) is 0.944. The summed E-state index contributed by atoms with van der Waals surface area (Å²) in [6, 6.07) is 0. The van der Waals surface area contributed by atoms with E-state index in [1.165, 1.54) is 12.8 Å². The predicted molar refractivity (Wildman–Crippen MR) is 38.9 cm³/mol. The number of ketones is 1. The summed E-state index contributed by atoms with van der Waals surface area (Å²) < 4.78 is 4.85. The summed E-state index contributed by atoms with van der Waals surface area (Å²) in [5.74, 6) is 0.299.